The fourth-order valence-corrected chi connectivity index (χ4v) is 4.55. The topological polar surface area (TPSA) is 59.8 Å². The molecule has 1 aliphatic carbocycles. The lowest BCUT2D eigenvalue weighted by Crippen LogP contribution is -2.33. The third kappa shape index (κ3) is 3.71. The minimum atomic E-state index is -3.57. The van der Waals surface area contributed by atoms with E-state index in [2.05, 4.69) is 0 Å². The molecule has 0 unspecified atom stereocenters. The van der Waals surface area contributed by atoms with Gasteiger partial charge in [0.2, 0.25) is 10.0 Å². The maximum atomic E-state index is 13.1. The highest BCUT2D eigenvalue weighted by atomic mass is 32.2. The first-order chi connectivity index (χ1) is 11.6. The second-order valence-electron chi connectivity index (χ2n) is 6.10. The molecule has 130 valence electrons. The quantitative estimate of drug-likeness (QED) is 0.771. The molecule has 2 aromatic rings. The van der Waals surface area contributed by atoms with Crippen molar-refractivity contribution in [3.8, 4) is 0 Å². The summed E-state index contributed by atoms with van der Waals surface area (Å²) in [6.45, 7) is 0.933. The van der Waals surface area contributed by atoms with Crippen LogP contribution in [0.15, 0.2) is 46.1 Å². The molecule has 5 nitrogen and oxygen atoms in total. The maximum absolute atomic E-state index is 13.1. The van der Waals surface area contributed by atoms with Crippen molar-refractivity contribution in [1.29, 1.82) is 0 Å². The second kappa shape index (κ2) is 7.51. The van der Waals surface area contributed by atoms with Gasteiger partial charge in [-0.25, -0.2) is 8.42 Å². The third-order valence-electron chi connectivity index (χ3n) is 4.44. The summed E-state index contributed by atoms with van der Waals surface area (Å²) in [4.78, 5) is 0.364. The lowest BCUT2D eigenvalue weighted by atomic mass is 9.92. The van der Waals surface area contributed by atoms with Crippen molar-refractivity contribution in [1.82, 2.24) is 4.31 Å². The number of nitrogens with zero attached hydrogens (tertiary/aromatic N) is 1. The Morgan fingerprint density at radius 3 is 2.67 bits per heavy atom. The van der Waals surface area contributed by atoms with Gasteiger partial charge in [0.15, 0.2) is 0 Å². The van der Waals surface area contributed by atoms with Crippen LogP contribution in [0.5, 0.6) is 0 Å². The summed E-state index contributed by atoms with van der Waals surface area (Å²) in [5.41, 5.74) is 3.27. The number of rotatable bonds is 7. The van der Waals surface area contributed by atoms with Gasteiger partial charge in [-0.3, -0.25) is 0 Å². The highest BCUT2D eigenvalue weighted by Gasteiger charge is 2.26. The van der Waals surface area contributed by atoms with Crippen LogP contribution in [-0.4, -0.2) is 33.0 Å². The summed E-state index contributed by atoms with van der Waals surface area (Å²) in [6.07, 6.45) is 7.42. The lowest BCUT2D eigenvalue weighted by Gasteiger charge is -2.23. The maximum Gasteiger partial charge on any atom is 0.243 e. The average molecular weight is 349 g/mol. The van der Waals surface area contributed by atoms with Gasteiger partial charge in [0.05, 0.1) is 24.0 Å². The number of ether oxygens (including phenoxy) is 1. The Labute approximate surface area is 143 Å². The van der Waals surface area contributed by atoms with Gasteiger partial charge in [-0.15, -0.1) is 0 Å². The van der Waals surface area contributed by atoms with E-state index in [4.69, 9.17) is 9.15 Å². The van der Waals surface area contributed by atoms with Crippen LogP contribution in [0.1, 0.15) is 29.5 Å². The van der Waals surface area contributed by atoms with E-state index in [0.29, 0.717) is 18.0 Å². The first-order valence-electron chi connectivity index (χ1n) is 8.23. The van der Waals surface area contributed by atoms with Crippen LogP contribution in [0.25, 0.3) is 0 Å². The molecule has 0 radical (unpaired) electrons. The Balaban J connectivity index is 1.89. The van der Waals surface area contributed by atoms with Gasteiger partial charge in [-0.05, 0) is 55.0 Å². The minimum Gasteiger partial charge on any atom is -0.472 e. The smallest absolute Gasteiger partial charge is 0.243 e. The van der Waals surface area contributed by atoms with E-state index in [1.807, 2.05) is 12.1 Å². The highest BCUT2D eigenvalue weighted by Crippen LogP contribution is 2.26. The monoisotopic (exact) mass is 349 g/mol. The van der Waals surface area contributed by atoms with Crippen molar-refractivity contribution < 1.29 is 17.6 Å². The van der Waals surface area contributed by atoms with Crippen molar-refractivity contribution in [2.24, 2.45) is 0 Å². The summed E-state index contributed by atoms with van der Waals surface area (Å²) < 4.78 is 37.8. The first kappa shape index (κ1) is 17.2. The Morgan fingerprint density at radius 1 is 1.17 bits per heavy atom. The predicted octanol–water partition coefficient (Wildman–Crippen LogP) is 3.00. The molecule has 6 heteroatoms. The van der Waals surface area contributed by atoms with E-state index in [0.717, 1.165) is 30.4 Å². The molecule has 0 fully saturated rings. The zero-order valence-corrected chi connectivity index (χ0v) is 14.7. The van der Waals surface area contributed by atoms with E-state index in [-0.39, 0.29) is 6.54 Å². The fraction of sp³-hybridized carbons (Fsp3) is 0.444. The van der Waals surface area contributed by atoms with Crippen LogP contribution >= 0.6 is 0 Å². The average Bonchev–Trinajstić information content (AvgIpc) is 3.11. The van der Waals surface area contributed by atoms with Gasteiger partial charge in [-0.2, -0.15) is 4.31 Å². The number of methoxy groups -OCH3 is 1. The Kier molecular flexibility index (Phi) is 5.38. The molecular weight excluding hydrogens is 326 g/mol. The molecule has 0 aliphatic heterocycles. The van der Waals surface area contributed by atoms with Crippen LogP contribution in [0.2, 0.25) is 0 Å². The van der Waals surface area contributed by atoms with Gasteiger partial charge in [-0.1, -0.05) is 6.07 Å². The molecular formula is C18H23NO4S. The van der Waals surface area contributed by atoms with E-state index < -0.39 is 10.0 Å². The zero-order valence-electron chi connectivity index (χ0n) is 13.9. The van der Waals surface area contributed by atoms with Crippen molar-refractivity contribution >= 4 is 10.0 Å². The Hall–Kier alpha value is -1.63. The van der Waals surface area contributed by atoms with Crippen LogP contribution < -0.4 is 0 Å². The molecule has 3 rings (SSSR count). The number of hydrogen-bond donors (Lipinski definition) is 0. The predicted molar refractivity (Wildman–Crippen MR) is 91.3 cm³/mol. The van der Waals surface area contributed by atoms with E-state index in [9.17, 15) is 8.42 Å². The summed E-state index contributed by atoms with van der Waals surface area (Å²) in [7, 11) is -2.00. The van der Waals surface area contributed by atoms with Crippen molar-refractivity contribution in [2.75, 3.05) is 20.3 Å². The van der Waals surface area contributed by atoms with Gasteiger partial charge in [0, 0.05) is 25.8 Å². The molecule has 0 spiro atoms. The van der Waals surface area contributed by atoms with Crippen molar-refractivity contribution in [3.05, 3.63) is 53.5 Å². The molecule has 1 aromatic heterocycles. The molecule has 0 N–H and O–H groups in total. The standard InChI is InChI=1S/C18H23NO4S/c1-22-11-9-19(13-15-8-10-23-14-15)24(20,21)18-7-6-16-4-2-3-5-17(16)12-18/h6-8,10,12,14H,2-5,9,11,13H2,1H3. The minimum absolute atomic E-state index is 0.277. The number of benzene rings is 1. The van der Waals surface area contributed by atoms with Gasteiger partial charge in [0.1, 0.15) is 0 Å². The Morgan fingerprint density at radius 2 is 1.96 bits per heavy atom. The normalized spacial score (nSPS) is 14.8. The number of aryl methyl sites for hydroxylation is 2. The third-order valence-corrected chi connectivity index (χ3v) is 6.28. The van der Waals surface area contributed by atoms with Crippen LogP contribution in [0.4, 0.5) is 0 Å². The van der Waals surface area contributed by atoms with Crippen LogP contribution in [-0.2, 0) is 34.1 Å². The fourth-order valence-electron chi connectivity index (χ4n) is 3.08. The SMILES string of the molecule is COCCN(Cc1ccoc1)S(=O)(=O)c1ccc2c(c1)CCCC2. The van der Waals surface area contributed by atoms with Gasteiger partial charge >= 0.3 is 0 Å². The first-order valence-corrected chi connectivity index (χ1v) is 9.67. The number of furan rings is 1. The van der Waals surface area contributed by atoms with E-state index in [1.165, 1.54) is 16.3 Å². The molecule has 1 aromatic carbocycles. The summed E-state index contributed by atoms with van der Waals surface area (Å²) in [5.74, 6) is 0. The molecule has 0 bridgehead atoms. The summed E-state index contributed by atoms with van der Waals surface area (Å²) >= 11 is 0. The van der Waals surface area contributed by atoms with E-state index >= 15 is 0 Å². The van der Waals surface area contributed by atoms with Gasteiger partial charge < -0.3 is 9.15 Å². The molecule has 0 saturated carbocycles. The molecule has 1 heterocycles. The molecule has 24 heavy (non-hydrogen) atoms. The van der Waals surface area contributed by atoms with Crippen LogP contribution in [0.3, 0.4) is 0 Å². The van der Waals surface area contributed by atoms with E-state index in [1.54, 1.807) is 31.8 Å². The number of sulfonamides is 1. The highest BCUT2D eigenvalue weighted by molar-refractivity contribution is 7.89. The number of fused-ring (bicyclic) bond motifs is 1. The van der Waals surface area contributed by atoms with Crippen molar-refractivity contribution in [3.63, 3.8) is 0 Å². The molecule has 0 amide bonds. The lowest BCUT2D eigenvalue weighted by molar-refractivity contribution is 0.177. The molecule has 0 saturated heterocycles. The van der Waals surface area contributed by atoms with Crippen molar-refractivity contribution in [2.45, 2.75) is 37.1 Å². The van der Waals surface area contributed by atoms with Gasteiger partial charge in [0.25, 0.3) is 0 Å². The zero-order chi connectivity index (χ0) is 17.0. The van der Waals surface area contributed by atoms with Crippen LogP contribution in [0, 0.1) is 0 Å². The summed E-state index contributed by atoms with van der Waals surface area (Å²) in [6, 6.07) is 7.32. The Bertz CT molecular complexity index is 768. The molecule has 1 aliphatic rings. The second-order valence-corrected chi connectivity index (χ2v) is 8.04. The number of hydrogen-bond acceptors (Lipinski definition) is 4. The summed E-state index contributed by atoms with van der Waals surface area (Å²) in [5, 5.41) is 0. The largest absolute Gasteiger partial charge is 0.472 e. The molecule has 0 atom stereocenters.